The van der Waals surface area contributed by atoms with Crippen LogP contribution in [0.4, 0.5) is 23.3 Å². The lowest BCUT2D eigenvalue weighted by Crippen LogP contribution is -2.31. The molecule has 0 unspecified atom stereocenters. The van der Waals surface area contributed by atoms with Crippen LogP contribution in [-0.4, -0.2) is 100 Å². The van der Waals surface area contributed by atoms with Gasteiger partial charge in [-0.05, 0) is 18.2 Å². The summed E-state index contributed by atoms with van der Waals surface area (Å²) in [5.41, 5.74) is -0.446. The van der Waals surface area contributed by atoms with E-state index in [0.29, 0.717) is 0 Å². The summed E-state index contributed by atoms with van der Waals surface area (Å²) in [5, 5.41) is 24.0. The number of aliphatic hydroxyl groups excluding tert-OH is 2. The van der Waals surface area contributed by atoms with Crippen LogP contribution in [0.25, 0.3) is 0 Å². The molecule has 0 saturated heterocycles. The van der Waals surface area contributed by atoms with E-state index in [0.717, 1.165) is 24.5 Å². The van der Waals surface area contributed by atoms with E-state index >= 15 is 0 Å². The van der Waals surface area contributed by atoms with Crippen molar-refractivity contribution in [1.29, 1.82) is 0 Å². The molecule has 2 rings (SSSR count). The van der Waals surface area contributed by atoms with E-state index in [9.17, 15) is 44.6 Å². The summed E-state index contributed by atoms with van der Waals surface area (Å²) in [6.07, 6.45) is 0.974. The van der Waals surface area contributed by atoms with Crippen LogP contribution in [0.5, 0.6) is 0 Å². The Morgan fingerprint density at radius 2 is 1.53 bits per heavy atom. The lowest BCUT2D eigenvalue weighted by atomic mass is 10.3. The minimum Gasteiger partial charge on any atom is -0.395 e. The van der Waals surface area contributed by atoms with Gasteiger partial charge in [0.25, 0.3) is 20.2 Å². The van der Waals surface area contributed by atoms with Crippen LogP contribution < -0.4 is 20.3 Å². The molecule has 0 aliphatic carbocycles. The molecule has 7 N–H and O–H groups in total. The number of nitrogens with zero attached hydrogens (tertiary/aromatic N) is 3. The Morgan fingerprint density at radius 1 is 0.889 bits per heavy atom. The fourth-order valence-corrected chi connectivity index (χ4v) is 4.47. The zero-order chi connectivity index (χ0) is 27.1. The molecular formula is C17H26N6O10S3. The molecule has 0 amide bonds. The monoisotopic (exact) mass is 570 g/mol. The average Bonchev–Trinajstić information content (AvgIpc) is 2.74. The van der Waals surface area contributed by atoms with Crippen LogP contribution in [0.2, 0.25) is 0 Å². The van der Waals surface area contributed by atoms with E-state index < -0.39 is 45.7 Å². The number of nitrogens with one attached hydrogen (secondary N) is 3. The van der Waals surface area contributed by atoms with Crippen LogP contribution in [0.3, 0.4) is 0 Å². The van der Waals surface area contributed by atoms with Gasteiger partial charge in [0, 0.05) is 32.2 Å². The highest BCUT2D eigenvalue weighted by Gasteiger charge is 2.21. The molecule has 19 heteroatoms. The van der Waals surface area contributed by atoms with Crippen molar-refractivity contribution in [3.05, 3.63) is 24.3 Å². The third-order valence-electron chi connectivity index (χ3n) is 4.34. The molecule has 0 atom stereocenters. The maximum Gasteiger partial charge on any atom is 0.296 e. The maximum absolute atomic E-state index is 11.8. The molecule has 0 saturated carbocycles. The second-order valence-electron chi connectivity index (χ2n) is 7.20. The van der Waals surface area contributed by atoms with E-state index in [1.165, 1.54) is 11.0 Å². The van der Waals surface area contributed by atoms with Crippen molar-refractivity contribution >= 4 is 53.5 Å². The highest BCUT2D eigenvalue weighted by molar-refractivity contribution is 7.88. The van der Waals surface area contributed by atoms with Crippen LogP contribution in [0, 0.1) is 0 Å². The Bertz CT molecular complexity index is 1380. The standard InChI is InChI=1S/C17H26N6O10S3/c1-34(26,27)19-5-4-18-17-21-15(11-16(22-17)23(6-8-24)7-9-25)20-13-10-12(35(28,29)30)2-3-14(13)36(31,32)33/h2-3,10-11,19,24-25H,4-9H2,1H3,(H,28,29,30)(H,31,32,33)(H2,18,20,21,22). The molecule has 0 bridgehead atoms. The highest BCUT2D eigenvalue weighted by atomic mass is 32.2. The normalized spacial score (nSPS) is 12.4. The van der Waals surface area contributed by atoms with Crippen LogP contribution in [-0.2, 0) is 30.3 Å². The molecule has 0 fully saturated rings. The van der Waals surface area contributed by atoms with Gasteiger partial charge in [0.2, 0.25) is 16.0 Å². The molecule has 0 spiro atoms. The predicted octanol–water partition coefficient (Wildman–Crippen LogP) is -1.53. The summed E-state index contributed by atoms with van der Waals surface area (Å²) in [5.74, 6) is -0.0455. The van der Waals surface area contributed by atoms with Crippen molar-refractivity contribution in [1.82, 2.24) is 14.7 Å². The molecule has 0 aliphatic heterocycles. The minimum absolute atomic E-state index is 0.0322. The third kappa shape index (κ3) is 9.09. The summed E-state index contributed by atoms with van der Waals surface area (Å²) in [6.45, 7) is -0.532. The van der Waals surface area contributed by atoms with Crippen molar-refractivity contribution in [3.63, 3.8) is 0 Å². The quantitative estimate of drug-likeness (QED) is 0.100. The van der Waals surface area contributed by atoms with Gasteiger partial charge in [0.1, 0.15) is 16.5 Å². The summed E-state index contributed by atoms with van der Waals surface area (Å²) >= 11 is 0. The van der Waals surface area contributed by atoms with Gasteiger partial charge in [-0.25, -0.2) is 13.1 Å². The third-order valence-corrected chi connectivity index (χ3v) is 6.83. The lowest BCUT2D eigenvalue weighted by molar-refractivity contribution is 0.280. The first-order valence-corrected chi connectivity index (χ1v) is 14.8. The molecule has 1 aromatic heterocycles. The number of hydrogen-bond acceptors (Lipinski definition) is 13. The largest absolute Gasteiger partial charge is 0.395 e. The van der Waals surface area contributed by atoms with Crippen molar-refractivity contribution in [2.45, 2.75) is 9.79 Å². The Balaban J connectivity index is 2.53. The van der Waals surface area contributed by atoms with Gasteiger partial charge in [0.15, 0.2) is 0 Å². The molecule has 1 heterocycles. The Labute approximate surface area is 207 Å². The first-order chi connectivity index (χ1) is 16.6. The van der Waals surface area contributed by atoms with Gasteiger partial charge < -0.3 is 25.7 Å². The number of anilines is 4. The minimum atomic E-state index is -4.84. The number of benzene rings is 1. The van der Waals surface area contributed by atoms with E-state index in [-0.39, 0.29) is 57.0 Å². The van der Waals surface area contributed by atoms with Gasteiger partial charge in [0.05, 0.1) is 30.1 Å². The number of aromatic nitrogens is 2. The lowest BCUT2D eigenvalue weighted by Gasteiger charge is -2.23. The highest BCUT2D eigenvalue weighted by Crippen LogP contribution is 2.29. The van der Waals surface area contributed by atoms with Crippen LogP contribution in [0.15, 0.2) is 34.1 Å². The average molecular weight is 571 g/mol. The first kappa shape index (κ1) is 29.6. The number of rotatable bonds is 14. The molecule has 0 aliphatic rings. The van der Waals surface area contributed by atoms with Crippen LogP contribution in [0.1, 0.15) is 0 Å². The van der Waals surface area contributed by atoms with Gasteiger partial charge in [-0.2, -0.15) is 26.8 Å². The molecule has 2 aromatic rings. The molecule has 0 radical (unpaired) electrons. The van der Waals surface area contributed by atoms with Crippen molar-refractivity contribution < 1.29 is 44.6 Å². The van der Waals surface area contributed by atoms with Gasteiger partial charge in [-0.3, -0.25) is 9.11 Å². The summed E-state index contributed by atoms with van der Waals surface area (Å²) in [6, 6.07) is 3.60. The molecule has 36 heavy (non-hydrogen) atoms. The molecular weight excluding hydrogens is 544 g/mol. The zero-order valence-corrected chi connectivity index (χ0v) is 21.3. The second-order valence-corrected chi connectivity index (χ2v) is 11.8. The molecule has 202 valence electrons. The number of hydrogen-bond donors (Lipinski definition) is 7. The van der Waals surface area contributed by atoms with Gasteiger partial charge in [-0.1, -0.05) is 0 Å². The Morgan fingerprint density at radius 3 is 2.06 bits per heavy atom. The number of aliphatic hydroxyl groups is 2. The summed E-state index contributed by atoms with van der Waals surface area (Å²) in [4.78, 5) is 8.44. The second kappa shape index (κ2) is 12.1. The maximum atomic E-state index is 11.8. The van der Waals surface area contributed by atoms with E-state index in [4.69, 9.17) is 0 Å². The molecule has 1 aromatic carbocycles. The van der Waals surface area contributed by atoms with E-state index in [1.807, 2.05) is 0 Å². The van der Waals surface area contributed by atoms with Crippen molar-refractivity contribution in [2.75, 3.05) is 61.2 Å². The van der Waals surface area contributed by atoms with Crippen molar-refractivity contribution in [2.24, 2.45) is 0 Å². The van der Waals surface area contributed by atoms with E-state index in [1.54, 1.807) is 0 Å². The van der Waals surface area contributed by atoms with Gasteiger partial charge in [-0.15, -0.1) is 0 Å². The Hall–Kier alpha value is -2.65. The fourth-order valence-electron chi connectivity index (χ4n) is 2.86. The smallest absolute Gasteiger partial charge is 0.296 e. The fraction of sp³-hybridized carbons (Fsp3) is 0.412. The van der Waals surface area contributed by atoms with Gasteiger partial charge >= 0.3 is 0 Å². The SMILES string of the molecule is CS(=O)(=O)NCCNc1nc(Nc2cc(S(=O)(=O)O)ccc2S(=O)(=O)O)cc(N(CCO)CCO)n1. The van der Waals surface area contributed by atoms with Crippen molar-refractivity contribution in [3.8, 4) is 0 Å². The van der Waals surface area contributed by atoms with E-state index in [2.05, 4.69) is 25.3 Å². The Kier molecular flexibility index (Phi) is 9.91. The molecule has 16 nitrogen and oxygen atoms in total. The van der Waals surface area contributed by atoms with Crippen LogP contribution >= 0.6 is 0 Å². The summed E-state index contributed by atoms with van der Waals surface area (Å²) < 4.78 is 90.3. The first-order valence-electron chi connectivity index (χ1n) is 10.0. The zero-order valence-electron chi connectivity index (χ0n) is 18.9. The summed E-state index contributed by atoms with van der Waals surface area (Å²) in [7, 11) is -13.0. The number of sulfonamides is 1. The topological polar surface area (TPSA) is 248 Å². The predicted molar refractivity (Wildman–Crippen MR) is 129 cm³/mol.